The smallest absolute Gasteiger partial charge is 0.222 e. The van der Waals surface area contributed by atoms with Crippen molar-refractivity contribution in [1.29, 1.82) is 0 Å². The van der Waals surface area contributed by atoms with Crippen LogP contribution in [0.4, 0.5) is 0 Å². The normalized spacial score (nSPS) is 15.0. The Morgan fingerprint density at radius 2 is 1.80 bits per heavy atom. The molecule has 1 aliphatic rings. The molecule has 2 aromatic rings. The summed E-state index contributed by atoms with van der Waals surface area (Å²) < 4.78 is 0. The zero-order chi connectivity index (χ0) is 17.5. The molecule has 3 nitrogen and oxygen atoms in total. The molecule has 0 atom stereocenters. The highest BCUT2D eigenvalue weighted by molar-refractivity contribution is 5.78. The first kappa shape index (κ1) is 17.4. The van der Waals surface area contributed by atoms with E-state index in [-0.39, 0.29) is 5.91 Å². The molecule has 1 saturated heterocycles. The summed E-state index contributed by atoms with van der Waals surface area (Å²) >= 11 is 0. The molecule has 1 N–H and O–H groups in total. The fourth-order valence-corrected chi connectivity index (χ4v) is 3.24. The minimum Gasteiger partial charge on any atom is -0.338 e. The topological polar surface area (TPSA) is 32.3 Å². The number of amides is 1. The summed E-state index contributed by atoms with van der Waals surface area (Å²) in [4.78, 5) is 13.8. The summed E-state index contributed by atoms with van der Waals surface area (Å²) in [6.45, 7) is 5.44. The van der Waals surface area contributed by atoms with Gasteiger partial charge in [0, 0.05) is 32.6 Å². The van der Waals surface area contributed by atoms with Crippen molar-refractivity contribution in [2.45, 2.75) is 32.9 Å². The van der Waals surface area contributed by atoms with Crippen molar-refractivity contribution in [3.8, 4) is 0 Å². The van der Waals surface area contributed by atoms with Gasteiger partial charge in [0.15, 0.2) is 0 Å². The molecule has 1 fully saturated rings. The van der Waals surface area contributed by atoms with E-state index in [2.05, 4.69) is 66.8 Å². The van der Waals surface area contributed by atoms with Crippen LogP contribution in [-0.4, -0.2) is 23.9 Å². The Hall–Kier alpha value is -2.39. The lowest BCUT2D eigenvalue weighted by atomic mass is 10.1. The van der Waals surface area contributed by atoms with E-state index in [1.807, 2.05) is 11.0 Å². The number of nitrogens with zero attached hydrogens (tertiary/aromatic N) is 1. The quantitative estimate of drug-likeness (QED) is 0.830. The minimum absolute atomic E-state index is 0.282. The van der Waals surface area contributed by atoms with Crippen molar-refractivity contribution < 1.29 is 4.79 Å². The number of likely N-dealkylation sites (tertiary alicyclic amines) is 1. The number of carbonyl (C=O) groups excluding carboxylic acids is 1. The third-order valence-corrected chi connectivity index (χ3v) is 4.58. The van der Waals surface area contributed by atoms with Crippen LogP contribution in [0.5, 0.6) is 0 Å². The van der Waals surface area contributed by atoms with Crippen LogP contribution in [0, 0.1) is 0 Å². The Morgan fingerprint density at radius 1 is 1.08 bits per heavy atom. The van der Waals surface area contributed by atoms with Crippen LogP contribution in [-0.2, 0) is 17.9 Å². The molecule has 3 rings (SSSR count). The van der Waals surface area contributed by atoms with Crippen molar-refractivity contribution in [2.24, 2.45) is 0 Å². The Bertz CT molecular complexity index is 737. The van der Waals surface area contributed by atoms with Crippen molar-refractivity contribution in [2.75, 3.05) is 13.1 Å². The Labute approximate surface area is 150 Å². The Kier molecular flexibility index (Phi) is 6.02. The highest BCUT2D eigenvalue weighted by Crippen LogP contribution is 2.17. The summed E-state index contributed by atoms with van der Waals surface area (Å²) in [5, 5.41) is 3.53. The first-order valence-electron chi connectivity index (χ1n) is 9.00. The number of benzene rings is 2. The number of hydrogen-bond acceptors (Lipinski definition) is 2. The van der Waals surface area contributed by atoms with Gasteiger partial charge in [0.05, 0.1) is 0 Å². The van der Waals surface area contributed by atoms with Gasteiger partial charge in [-0.2, -0.15) is 0 Å². The second-order valence-electron chi connectivity index (χ2n) is 6.69. The Morgan fingerprint density at radius 3 is 2.52 bits per heavy atom. The van der Waals surface area contributed by atoms with E-state index < -0.39 is 0 Å². The van der Waals surface area contributed by atoms with Crippen LogP contribution in [0.2, 0.25) is 0 Å². The molecule has 0 bridgehead atoms. The van der Waals surface area contributed by atoms with E-state index in [4.69, 9.17) is 0 Å². The maximum Gasteiger partial charge on any atom is 0.222 e. The van der Waals surface area contributed by atoms with Crippen LogP contribution in [0.15, 0.2) is 60.2 Å². The molecule has 130 valence electrons. The molecular formula is C22H26N2O. The first-order chi connectivity index (χ1) is 12.2. The van der Waals surface area contributed by atoms with E-state index >= 15 is 0 Å². The van der Waals surface area contributed by atoms with Crippen LogP contribution < -0.4 is 5.32 Å². The molecule has 0 radical (unpaired) electrons. The monoisotopic (exact) mass is 334 g/mol. The van der Waals surface area contributed by atoms with Crippen LogP contribution >= 0.6 is 0 Å². The fourth-order valence-electron chi connectivity index (χ4n) is 3.24. The van der Waals surface area contributed by atoms with E-state index in [9.17, 15) is 4.79 Å². The van der Waals surface area contributed by atoms with E-state index in [0.29, 0.717) is 6.42 Å². The Balaban J connectivity index is 1.56. The van der Waals surface area contributed by atoms with Crippen molar-refractivity contribution in [3.63, 3.8) is 0 Å². The van der Waals surface area contributed by atoms with Gasteiger partial charge in [-0.25, -0.2) is 0 Å². The maximum atomic E-state index is 11.9. The first-order valence-corrected chi connectivity index (χ1v) is 9.00. The fraction of sp³-hybridized carbons (Fsp3) is 0.318. The van der Waals surface area contributed by atoms with Gasteiger partial charge in [0.1, 0.15) is 0 Å². The van der Waals surface area contributed by atoms with E-state index in [1.54, 1.807) is 0 Å². The van der Waals surface area contributed by atoms with Gasteiger partial charge in [0.2, 0.25) is 5.91 Å². The predicted molar refractivity (Wildman–Crippen MR) is 103 cm³/mol. The van der Waals surface area contributed by atoms with Crippen molar-refractivity contribution in [3.05, 3.63) is 76.9 Å². The molecule has 0 aromatic heterocycles. The van der Waals surface area contributed by atoms with Gasteiger partial charge in [-0.05, 0) is 30.0 Å². The largest absolute Gasteiger partial charge is 0.338 e. The average Bonchev–Trinajstić information content (AvgIpc) is 3.02. The molecule has 0 saturated carbocycles. The molecule has 0 spiro atoms. The third-order valence-electron chi connectivity index (χ3n) is 4.58. The summed E-state index contributed by atoms with van der Waals surface area (Å²) in [5.74, 6) is 0.282. The molecule has 3 heteroatoms. The zero-order valence-electron chi connectivity index (χ0n) is 14.9. The number of hydrogen-bond donors (Lipinski definition) is 1. The number of nitrogens with one attached hydrogen (secondary N) is 1. The van der Waals surface area contributed by atoms with E-state index in [1.165, 1.54) is 22.3 Å². The second kappa shape index (κ2) is 8.63. The number of rotatable bonds is 7. The standard InChI is InChI=1S/C22H26N2O/c1-18(14-19-8-3-2-4-9-19)15-23-16-20-10-5-6-11-21(20)17-24-13-7-12-22(24)25/h2-6,8-11,14,23H,7,12-13,15-17H2,1H3/b18-14-. The van der Waals surface area contributed by atoms with Gasteiger partial charge in [-0.1, -0.05) is 66.2 Å². The lowest BCUT2D eigenvalue weighted by Gasteiger charge is -2.18. The summed E-state index contributed by atoms with van der Waals surface area (Å²) in [5.41, 5.74) is 5.05. The predicted octanol–water partition coefficient (Wildman–Crippen LogP) is 4.00. The minimum atomic E-state index is 0.282. The average molecular weight is 334 g/mol. The summed E-state index contributed by atoms with van der Waals surface area (Å²) in [7, 11) is 0. The SMILES string of the molecule is C/C(=C/c1ccccc1)CNCc1ccccc1CN1CCCC1=O. The van der Waals surface area contributed by atoms with Gasteiger partial charge in [-0.3, -0.25) is 4.79 Å². The van der Waals surface area contributed by atoms with Gasteiger partial charge in [0.25, 0.3) is 0 Å². The van der Waals surface area contributed by atoms with Gasteiger partial charge in [-0.15, -0.1) is 0 Å². The maximum absolute atomic E-state index is 11.9. The lowest BCUT2D eigenvalue weighted by Crippen LogP contribution is -2.25. The summed E-state index contributed by atoms with van der Waals surface area (Å²) in [6.07, 6.45) is 3.90. The molecule has 1 heterocycles. The molecule has 0 unspecified atom stereocenters. The molecule has 1 aliphatic heterocycles. The van der Waals surface area contributed by atoms with Crippen LogP contribution in [0.3, 0.4) is 0 Å². The van der Waals surface area contributed by atoms with Crippen LogP contribution in [0.1, 0.15) is 36.5 Å². The lowest BCUT2D eigenvalue weighted by molar-refractivity contribution is -0.128. The van der Waals surface area contributed by atoms with Gasteiger partial charge < -0.3 is 10.2 Å². The van der Waals surface area contributed by atoms with E-state index in [0.717, 1.165) is 32.6 Å². The van der Waals surface area contributed by atoms with Gasteiger partial charge >= 0.3 is 0 Å². The molecule has 0 aliphatic carbocycles. The molecule has 1 amide bonds. The third kappa shape index (κ3) is 5.04. The van der Waals surface area contributed by atoms with Crippen LogP contribution in [0.25, 0.3) is 6.08 Å². The second-order valence-corrected chi connectivity index (χ2v) is 6.69. The van der Waals surface area contributed by atoms with Crippen molar-refractivity contribution >= 4 is 12.0 Å². The highest BCUT2D eigenvalue weighted by Gasteiger charge is 2.20. The molecule has 2 aromatic carbocycles. The number of carbonyl (C=O) groups is 1. The van der Waals surface area contributed by atoms with Crippen molar-refractivity contribution in [1.82, 2.24) is 10.2 Å². The highest BCUT2D eigenvalue weighted by atomic mass is 16.2. The molecule has 25 heavy (non-hydrogen) atoms. The zero-order valence-corrected chi connectivity index (χ0v) is 14.9. The summed E-state index contributed by atoms with van der Waals surface area (Å²) in [6, 6.07) is 18.8. The molecular weight excluding hydrogens is 308 g/mol.